The molecular formula is C12H13ClN4O. The quantitative estimate of drug-likeness (QED) is 0.873. The summed E-state index contributed by atoms with van der Waals surface area (Å²) in [5.41, 5.74) is 7.50. The number of rotatable bonds is 2. The van der Waals surface area contributed by atoms with Crippen molar-refractivity contribution in [2.75, 3.05) is 11.1 Å². The van der Waals surface area contributed by atoms with Crippen molar-refractivity contribution in [2.24, 2.45) is 7.05 Å². The molecule has 5 nitrogen and oxygen atoms in total. The Bertz CT molecular complexity index is 589. The van der Waals surface area contributed by atoms with Crippen molar-refractivity contribution >= 4 is 29.0 Å². The first-order valence-corrected chi connectivity index (χ1v) is 5.73. The number of anilines is 2. The van der Waals surface area contributed by atoms with Crippen molar-refractivity contribution in [3.8, 4) is 0 Å². The second-order valence-corrected chi connectivity index (χ2v) is 4.37. The predicted octanol–water partition coefficient (Wildman–Crippen LogP) is 2.22. The first-order valence-electron chi connectivity index (χ1n) is 5.35. The second kappa shape index (κ2) is 4.70. The summed E-state index contributed by atoms with van der Waals surface area (Å²) in [4.78, 5) is 12.0. The minimum atomic E-state index is -0.249. The summed E-state index contributed by atoms with van der Waals surface area (Å²) in [6.07, 6.45) is 0. The van der Waals surface area contributed by atoms with Crippen LogP contribution >= 0.6 is 11.6 Å². The lowest BCUT2D eigenvalue weighted by molar-refractivity contribution is 0.102. The summed E-state index contributed by atoms with van der Waals surface area (Å²) in [5.74, 6) is 0.244. The lowest BCUT2D eigenvalue weighted by atomic mass is 10.2. The number of amides is 1. The van der Waals surface area contributed by atoms with Crippen LogP contribution in [-0.4, -0.2) is 15.7 Å². The van der Waals surface area contributed by atoms with Gasteiger partial charge in [0.25, 0.3) is 5.91 Å². The van der Waals surface area contributed by atoms with Crippen molar-refractivity contribution in [1.82, 2.24) is 9.78 Å². The Hall–Kier alpha value is -2.01. The monoisotopic (exact) mass is 264 g/mol. The fourth-order valence-electron chi connectivity index (χ4n) is 1.60. The van der Waals surface area contributed by atoms with Gasteiger partial charge >= 0.3 is 0 Å². The van der Waals surface area contributed by atoms with Gasteiger partial charge in [-0.2, -0.15) is 5.10 Å². The molecule has 18 heavy (non-hydrogen) atoms. The molecular weight excluding hydrogens is 252 g/mol. The second-order valence-electron chi connectivity index (χ2n) is 3.93. The van der Waals surface area contributed by atoms with Crippen LogP contribution in [0.2, 0.25) is 5.02 Å². The average Bonchev–Trinajstić information content (AvgIpc) is 2.57. The van der Waals surface area contributed by atoms with Gasteiger partial charge in [-0.25, -0.2) is 0 Å². The van der Waals surface area contributed by atoms with Gasteiger partial charge in [-0.15, -0.1) is 0 Å². The molecule has 1 aromatic carbocycles. The van der Waals surface area contributed by atoms with Gasteiger partial charge in [0.2, 0.25) is 0 Å². The fourth-order valence-corrected chi connectivity index (χ4v) is 1.73. The average molecular weight is 265 g/mol. The lowest BCUT2D eigenvalue weighted by Crippen LogP contribution is -2.15. The summed E-state index contributed by atoms with van der Waals surface area (Å²) in [6, 6.07) is 6.62. The molecule has 0 fully saturated rings. The smallest absolute Gasteiger partial charge is 0.256 e. The third-order valence-electron chi connectivity index (χ3n) is 2.61. The number of carbonyl (C=O) groups excluding carboxylic acids is 1. The van der Waals surface area contributed by atoms with Crippen LogP contribution in [0.1, 0.15) is 16.1 Å². The van der Waals surface area contributed by atoms with Crippen molar-refractivity contribution < 1.29 is 4.79 Å². The Morgan fingerprint density at radius 2 is 2.00 bits per heavy atom. The molecule has 2 aromatic rings. The van der Waals surface area contributed by atoms with Crippen LogP contribution < -0.4 is 11.1 Å². The number of aryl methyl sites for hydroxylation is 2. The minimum Gasteiger partial charge on any atom is -0.394 e. The molecule has 0 saturated heterocycles. The van der Waals surface area contributed by atoms with Crippen LogP contribution in [0.4, 0.5) is 11.5 Å². The van der Waals surface area contributed by atoms with E-state index in [-0.39, 0.29) is 5.91 Å². The molecule has 6 heteroatoms. The zero-order valence-electron chi connectivity index (χ0n) is 10.1. The zero-order chi connectivity index (χ0) is 13.3. The van der Waals surface area contributed by atoms with E-state index in [1.807, 2.05) is 0 Å². The van der Waals surface area contributed by atoms with E-state index in [9.17, 15) is 4.79 Å². The molecule has 0 saturated carbocycles. The highest BCUT2D eigenvalue weighted by molar-refractivity contribution is 6.30. The predicted molar refractivity (Wildman–Crippen MR) is 71.8 cm³/mol. The van der Waals surface area contributed by atoms with E-state index in [1.54, 1.807) is 42.9 Å². The minimum absolute atomic E-state index is 0.249. The molecule has 0 aliphatic rings. The molecule has 0 atom stereocenters. The van der Waals surface area contributed by atoms with Gasteiger partial charge in [-0.3, -0.25) is 9.48 Å². The van der Waals surface area contributed by atoms with Gasteiger partial charge in [0.15, 0.2) is 5.82 Å². The van der Waals surface area contributed by atoms with Crippen LogP contribution in [-0.2, 0) is 7.05 Å². The van der Waals surface area contributed by atoms with E-state index in [1.165, 1.54) is 0 Å². The molecule has 1 aromatic heterocycles. The fraction of sp³-hybridized carbons (Fsp3) is 0.167. The molecule has 3 N–H and O–H groups in total. The number of benzene rings is 1. The summed E-state index contributed by atoms with van der Waals surface area (Å²) >= 11 is 5.76. The van der Waals surface area contributed by atoms with E-state index < -0.39 is 0 Å². The van der Waals surface area contributed by atoms with Gasteiger partial charge in [-0.05, 0) is 31.2 Å². The number of carbonyl (C=O) groups is 1. The summed E-state index contributed by atoms with van der Waals surface area (Å²) in [7, 11) is 1.72. The van der Waals surface area contributed by atoms with Crippen molar-refractivity contribution in [3.63, 3.8) is 0 Å². The van der Waals surface area contributed by atoms with Crippen LogP contribution in [0.3, 0.4) is 0 Å². The largest absolute Gasteiger partial charge is 0.394 e. The first-order chi connectivity index (χ1) is 8.49. The molecule has 0 bridgehead atoms. The molecule has 0 radical (unpaired) electrons. The summed E-state index contributed by atoms with van der Waals surface area (Å²) in [6.45, 7) is 1.78. The maximum absolute atomic E-state index is 12.0. The molecule has 2 rings (SSSR count). The number of nitrogen functional groups attached to an aromatic ring is 1. The van der Waals surface area contributed by atoms with Crippen molar-refractivity contribution in [2.45, 2.75) is 6.92 Å². The van der Waals surface area contributed by atoms with E-state index in [0.29, 0.717) is 27.8 Å². The van der Waals surface area contributed by atoms with E-state index >= 15 is 0 Å². The van der Waals surface area contributed by atoms with Crippen LogP contribution in [0.15, 0.2) is 24.3 Å². The van der Waals surface area contributed by atoms with Crippen molar-refractivity contribution in [3.05, 3.63) is 40.5 Å². The van der Waals surface area contributed by atoms with E-state index in [4.69, 9.17) is 17.3 Å². The number of aromatic nitrogens is 2. The van der Waals surface area contributed by atoms with Crippen LogP contribution in [0.25, 0.3) is 0 Å². The topological polar surface area (TPSA) is 72.9 Å². The third kappa shape index (κ3) is 2.31. The zero-order valence-corrected chi connectivity index (χ0v) is 10.8. The van der Waals surface area contributed by atoms with Gasteiger partial charge in [-0.1, -0.05) is 11.6 Å². The standard InChI is InChI=1S/C12H13ClN4O/c1-7-10(14)11(17(2)16-7)15-12(18)8-3-5-9(13)6-4-8/h3-6H,14H2,1-2H3,(H,15,18). The van der Waals surface area contributed by atoms with Gasteiger partial charge in [0, 0.05) is 17.6 Å². The van der Waals surface area contributed by atoms with Gasteiger partial charge < -0.3 is 11.1 Å². The number of hydrogen-bond donors (Lipinski definition) is 2. The van der Waals surface area contributed by atoms with Crippen molar-refractivity contribution in [1.29, 1.82) is 0 Å². The highest BCUT2D eigenvalue weighted by Gasteiger charge is 2.13. The third-order valence-corrected chi connectivity index (χ3v) is 2.86. The SMILES string of the molecule is Cc1nn(C)c(NC(=O)c2ccc(Cl)cc2)c1N. The lowest BCUT2D eigenvalue weighted by Gasteiger charge is -2.06. The highest BCUT2D eigenvalue weighted by atomic mass is 35.5. The molecule has 0 aliphatic heterocycles. The molecule has 94 valence electrons. The van der Waals surface area contributed by atoms with E-state index in [0.717, 1.165) is 0 Å². The molecule has 0 unspecified atom stereocenters. The maximum atomic E-state index is 12.0. The number of hydrogen-bond acceptors (Lipinski definition) is 3. The Kier molecular flexibility index (Phi) is 3.25. The number of nitrogens with two attached hydrogens (primary N) is 1. The summed E-state index contributed by atoms with van der Waals surface area (Å²) < 4.78 is 1.54. The number of nitrogens with one attached hydrogen (secondary N) is 1. The van der Waals surface area contributed by atoms with Gasteiger partial charge in [0.05, 0.1) is 11.4 Å². The molecule has 0 aliphatic carbocycles. The highest BCUT2D eigenvalue weighted by Crippen LogP contribution is 2.21. The number of nitrogens with zero attached hydrogens (tertiary/aromatic N) is 2. The number of halogens is 1. The maximum Gasteiger partial charge on any atom is 0.256 e. The summed E-state index contributed by atoms with van der Waals surface area (Å²) in [5, 5.41) is 7.44. The molecule has 0 spiro atoms. The Balaban J connectivity index is 2.24. The van der Waals surface area contributed by atoms with Crippen LogP contribution in [0.5, 0.6) is 0 Å². The first kappa shape index (κ1) is 12.4. The molecule has 1 heterocycles. The van der Waals surface area contributed by atoms with Gasteiger partial charge in [0.1, 0.15) is 0 Å². The van der Waals surface area contributed by atoms with Crippen LogP contribution in [0, 0.1) is 6.92 Å². The normalized spacial score (nSPS) is 10.4. The molecule has 1 amide bonds. The Morgan fingerprint density at radius 1 is 1.39 bits per heavy atom. The Labute approximate surface area is 110 Å². The Morgan fingerprint density at radius 3 is 2.50 bits per heavy atom. The van der Waals surface area contributed by atoms with E-state index in [2.05, 4.69) is 10.4 Å².